The summed E-state index contributed by atoms with van der Waals surface area (Å²) < 4.78 is 20.0. The Balaban J connectivity index is 1.99. The first-order valence-electron chi connectivity index (χ1n) is 10.4. The van der Waals surface area contributed by atoms with E-state index in [1.807, 2.05) is 11.8 Å². The minimum atomic E-state index is -1.03. The lowest BCUT2D eigenvalue weighted by Gasteiger charge is -2.41. The number of rotatable bonds is 6. The number of unbranched alkanes of at least 4 members (excludes halogenated alkanes) is 1. The number of carbonyl (C=O) groups excluding carboxylic acids is 2. The van der Waals surface area contributed by atoms with Crippen molar-refractivity contribution < 1.29 is 18.7 Å². The molecule has 0 saturated carbocycles. The minimum Gasteiger partial charge on any atom is -0.449 e. The second-order valence-electron chi connectivity index (χ2n) is 7.93. The van der Waals surface area contributed by atoms with Gasteiger partial charge in [-0.25, -0.2) is 9.18 Å². The van der Waals surface area contributed by atoms with Gasteiger partial charge in [-0.2, -0.15) is 0 Å². The van der Waals surface area contributed by atoms with Gasteiger partial charge in [0.1, 0.15) is 11.4 Å². The number of nitrogens with two attached hydrogens (primary N) is 1. The van der Waals surface area contributed by atoms with E-state index in [1.165, 1.54) is 17.0 Å². The summed E-state index contributed by atoms with van der Waals surface area (Å²) in [6, 6.07) is 2.64. The highest BCUT2D eigenvalue weighted by molar-refractivity contribution is 6.10. The Labute approximate surface area is 171 Å². The molecule has 0 aliphatic carbocycles. The number of nitrogens with zero attached hydrogens (tertiary/aromatic N) is 2. The van der Waals surface area contributed by atoms with E-state index in [2.05, 4.69) is 5.32 Å². The van der Waals surface area contributed by atoms with E-state index >= 15 is 0 Å². The number of halogens is 1. The number of amides is 2. The molecule has 29 heavy (non-hydrogen) atoms. The number of hydrogen-bond donors (Lipinski definition) is 2. The van der Waals surface area contributed by atoms with Gasteiger partial charge in [-0.15, -0.1) is 0 Å². The third kappa shape index (κ3) is 3.96. The van der Waals surface area contributed by atoms with Gasteiger partial charge >= 0.3 is 6.09 Å². The van der Waals surface area contributed by atoms with Crippen molar-refractivity contribution in [3.8, 4) is 0 Å². The molecule has 1 aromatic carbocycles. The largest absolute Gasteiger partial charge is 0.449 e. The monoisotopic (exact) mass is 406 g/mol. The van der Waals surface area contributed by atoms with Crippen molar-refractivity contribution in [3.05, 3.63) is 23.5 Å². The topological polar surface area (TPSA) is 87.9 Å². The van der Waals surface area contributed by atoms with Gasteiger partial charge < -0.3 is 15.8 Å². The van der Waals surface area contributed by atoms with Crippen LogP contribution < -0.4 is 16.0 Å². The number of carbonyl (C=O) groups is 2. The number of anilines is 2. The highest BCUT2D eigenvalue weighted by atomic mass is 19.1. The van der Waals surface area contributed by atoms with Crippen LogP contribution in [0.5, 0.6) is 0 Å². The van der Waals surface area contributed by atoms with Crippen molar-refractivity contribution in [1.29, 1.82) is 0 Å². The second kappa shape index (κ2) is 8.67. The van der Waals surface area contributed by atoms with Crippen LogP contribution in [0.4, 0.5) is 20.6 Å². The number of ether oxygens (including phenoxy) is 1. The van der Waals surface area contributed by atoms with Crippen LogP contribution in [0, 0.1) is 5.82 Å². The first-order valence-corrected chi connectivity index (χ1v) is 10.4. The minimum absolute atomic E-state index is 0.0221. The molecule has 8 heteroatoms. The van der Waals surface area contributed by atoms with Gasteiger partial charge in [0.2, 0.25) is 5.91 Å². The Kier molecular flexibility index (Phi) is 6.43. The van der Waals surface area contributed by atoms with Crippen LogP contribution in [0.15, 0.2) is 12.1 Å². The fourth-order valence-electron chi connectivity index (χ4n) is 4.19. The summed E-state index contributed by atoms with van der Waals surface area (Å²) in [5.41, 5.74) is 6.42. The normalized spacial score (nSPS) is 24.2. The lowest BCUT2D eigenvalue weighted by Crippen LogP contribution is -2.55. The van der Waals surface area contributed by atoms with Crippen molar-refractivity contribution in [1.82, 2.24) is 4.90 Å². The third-order valence-corrected chi connectivity index (χ3v) is 5.93. The van der Waals surface area contributed by atoms with Gasteiger partial charge in [-0.1, -0.05) is 13.3 Å². The first kappa shape index (κ1) is 21.5. The Morgan fingerprint density at radius 2 is 2.21 bits per heavy atom. The molecule has 2 aliphatic heterocycles. The van der Waals surface area contributed by atoms with Crippen molar-refractivity contribution in [2.75, 3.05) is 36.5 Å². The predicted octanol–water partition coefficient (Wildman–Crippen LogP) is 3.18. The predicted molar refractivity (Wildman–Crippen MR) is 110 cm³/mol. The SMILES string of the molecule is CCCCOC(=O)N(CC)c1cc(F)cc2c1NC(=O)C2(C)N1CCC[C@@H](N)C1. The number of piperidine rings is 1. The molecule has 160 valence electrons. The average molecular weight is 407 g/mol. The molecule has 1 aromatic rings. The van der Waals surface area contributed by atoms with Crippen LogP contribution in [-0.2, 0) is 15.1 Å². The third-order valence-electron chi connectivity index (χ3n) is 5.93. The molecule has 0 bridgehead atoms. The molecule has 0 radical (unpaired) electrons. The number of hydrogen-bond acceptors (Lipinski definition) is 5. The average Bonchev–Trinajstić information content (AvgIpc) is 2.94. The maximum absolute atomic E-state index is 14.6. The molecule has 1 unspecified atom stereocenters. The van der Waals surface area contributed by atoms with Crippen molar-refractivity contribution in [3.63, 3.8) is 0 Å². The summed E-state index contributed by atoms with van der Waals surface area (Å²) in [6.45, 7) is 7.46. The van der Waals surface area contributed by atoms with Crippen LogP contribution in [-0.4, -0.2) is 49.2 Å². The van der Waals surface area contributed by atoms with E-state index in [0.717, 1.165) is 25.7 Å². The molecule has 0 spiro atoms. The smallest absolute Gasteiger partial charge is 0.414 e. The number of likely N-dealkylation sites (tertiary alicyclic amines) is 1. The Hall–Kier alpha value is -2.19. The first-order chi connectivity index (χ1) is 13.8. The van der Waals surface area contributed by atoms with Crippen LogP contribution in [0.25, 0.3) is 0 Å². The summed E-state index contributed by atoms with van der Waals surface area (Å²) in [6.07, 6.45) is 2.90. The zero-order valence-corrected chi connectivity index (χ0v) is 17.5. The quantitative estimate of drug-likeness (QED) is 0.709. The number of benzene rings is 1. The highest BCUT2D eigenvalue weighted by Gasteiger charge is 2.49. The molecule has 7 nitrogen and oxygen atoms in total. The fourth-order valence-corrected chi connectivity index (χ4v) is 4.19. The van der Waals surface area contributed by atoms with E-state index < -0.39 is 17.4 Å². The second-order valence-corrected chi connectivity index (χ2v) is 7.93. The lowest BCUT2D eigenvalue weighted by molar-refractivity contribution is -0.127. The Bertz CT molecular complexity index is 787. The summed E-state index contributed by atoms with van der Waals surface area (Å²) in [5, 5.41) is 2.90. The number of nitrogens with one attached hydrogen (secondary N) is 1. The number of fused-ring (bicyclic) bond motifs is 1. The van der Waals surface area contributed by atoms with E-state index in [-0.39, 0.29) is 11.9 Å². The summed E-state index contributed by atoms with van der Waals surface area (Å²) >= 11 is 0. The molecule has 2 aliphatic rings. The van der Waals surface area contributed by atoms with Crippen molar-refractivity contribution >= 4 is 23.4 Å². The maximum Gasteiger partial charge on any atom is 0.414 e. The highest BCUT2D eigenvalue weighted by Crippen LogP contribution is 2.46. The summed E-state index contributed by atoms with van der Waals surface area (Å²) in [7, 11) is 0. The van der Waals surface area contributed by atoms with E-state index in [0.29, 0.717) is 43.2 Å². The molecule has 3 N–H and O–H groups in total. The molecular formula is C21H31FN4O3. The summed E-state index contributed by atoms with van der Waals surface area (Å²) in [5.74, 6) is -0.730. The molecule has 3 rings (SSSR count). The van der Waals surface area contributed by atoms with Gasteiger partial charge in [0.25, 0.3) is 0 Å². The molecule has 1 saturated heterocycles. The molecule has 0 aromatic heterocycles. The van der Waals surface area contributed by atoms with Crippen LogP contribution >= 0.6 is 0 Å². The van der Waals surface area contributed by atoms with Gasteiger partial charge in [0.05, 0.1) is 18.0 Å². The van der Waals surface area contributed by atoms with Gasteiger partial charge in [0.15, 0.2) is 0 Å². The Morgan fingerprint density at radius 1 is 1.45 bits per heavy atom. The lowest BCUT2D eigenvalue weighted by atomic mass is 9.88. The van der Waals surface area contributed by atoms with Gasteiger partial charge in [-0.05, 0) is 51.8 Å². The van der Waals surface area contributed by atoms with Gasteiger partial charge in [-0.3, -0.25) is 14.6 Å². The standard InChI is InChI=1S/C21H31FN4O3/c1-4-6-10-29-20(28)26(5-2)17-12-14(22)11-16-18(17)24-19(27)21(16,3)25-9-7-8-15(23)13-25/h11-12,15H,4-10,13,23H2,1-3H3,(H,24,27)/t15-,21?/m1/s1. The summed E-state index contributed by atoms with van der Waals surface area (Å²) in [4.78, 5) is 29.0. The van der Waals surface area contributed by atoms with E-state index in [9.17, 15) is 14.0 Å². The van der Waals surface area contributed by atoms with Crippen molar-refractivity contribution in [2.24, 2.45) is 5.73 Å². The fraction of sp³-hybridized carbons (Fsp3) is 0.619. The van der Waals surface area contributed by atoms with Crippen LogP contribution in [0.2, 0.25) is 0 Å². The van der Waals surface area contributed by atoms with Gasteiger partial charge in [0, 0.05) is 24.7 Å². The Morgan fingerprint density at radius 3 is 2.86 bits per heavy atom. The molecule has 2 heterocycles. The van der Waals surface area contributed by atoms with E-state index in [1.54, 1.807) is 13.8 Å². The van der Waals surface area contributed by atoms with Crippen LogP contribution in [0.3, 0.4) is 0 Å². The molecule has 2 amide bonds. The molecule has 2 atom stereocenters. The molecular weight excluding hydrogens is 375 g/mol. The zero-order valence-electron chi connectivity index (χ0n) is 17.5. The zero-order chi connectivity index (χ0) is 21.2. The van der Waals surface area contributed by atoms with Crippen molar-refractivity contribution in [2.45, 2.75) is 58.0 Å². The maximum atomic E-state index is 14.6. The molecule has 1 fully saturated rings. The van der Waals surface area contributed by atoms with Crippen LogP contribution in [0.1, 0.15) is 52.0 Å². The van der Waals surface area contributed by atoms with E-state index in [4.69, 9.17) is 10.5 Å².